The number of fused-ring (bicyclic) bond motifs is 1. The van der Waals surface area contributed by atoms with Crippen LogP contribution in [0.3, 0.4) is 0 Å². The van der Waals surface area contributed by atoms with Gasteiger partial charge >= 0.3 is 0 Å². The molecule has 5 nitrogen and oxygen atoms in total. The number of imidazole rings is 1. The van der Waals surface area contributed by atoms with Crippen LogP contribution in [0.4, 0.5) is 0 Å². The van der Waals surface area contributed by atoms with E-state index in [0.29, 0.717) is 19.6 Å². The molecule has 0 fully saturated rings. The Hall–Kier alpha value is -4.09. The number of carbonyl (C=O) groups excluding carboxylic acids is 1. The third-order valence-electron chi connectivity index (χ3n) is 6.59. The maximum atomic E-state index is 13.0. The molecule has 0 saturated carbocycles. The molecule has 4 aromatic carbocycles. The van der Waals surface area contributed by atoms with E-state index in [-0.39, 0.29) is 11.9 Å². The van der Waals surface area contributed by atoms with Crippen molar-refractivity contribution >= 4 is 28.5 Å². The first kappa shape index (κ1) is 25.6. The van der Waals surface area contributed by atoms with Crippen LogP contribution >= 0.6 is 11.6 Å². The lowest BCUT2D eigenvalue weighted by Crippen LogP contribution is -2.30. The summed E-state index contributed by atoms with van der Waals surface area (Å²) in [5.74, 6) is 1.53. The van der Waals surface area contributed by atoms with Crippen LogP contribution in [0.15, 0.2) is 97.1 Å². The van der Waals surface area contributed by atoms with Crippen molar-refractivity contribution in [3.05, 3.63) is 119 Å². The Morgan fingerprint density at radius 1 is 0.947 bits per heavy atom. The molecule has 1 N–H and O–H groups in total. The van der Waals surface area contributed by atoms with Crippen molar-refractivity contribution in [3.8, 4) is 16.9 Å². The molecule has 1 heterocycles. The minimum atomic E-state index is -0.267. The van der Waals surface area contributed by atoms with E-state index in [2.05, 4.69) is 34.1 Å². The smallest absolute Gasteiger partial charge is 0.224 e. The normalized spacial score (nSPS) is 11.9. The molecule has 192 valence electrons. The van der Waals surface area contributed by atoms with E-state index in [1.54, 1.807) is 0 Å². The Kier molecular flexibility index (Phi) is 7.75. The van der Waals surface area contributed by atoms with E-state index in [1.807, 2.05) is 86.6 Å². The predicted molar refractivity (Wildman–Crippen MR) is 154 cm³/mol. The number of hydrogen-bond donors (Lipinski definition) is 1. The summed E-state index contributed by atoms with van der Waals surface area (Å²) in [6.45, 7) is 4.98. The fraction of sp³-hybridized carbons (Fsp3) is 0.188. The third-order valence-corrected chi connectivity index (χ3v) is 7.01. The summed E-state index contributed by atoms with van der Waals surface area (Å²) in [5.41, 5.74) is 6.14. The van der Waals surface area contributed by atoms with Gasteiger partial charge in [0, 0.05) is 5.02 Å². The van der Waals surface area contributed by atoms with Crippen LogP contribution in [0.25, 0.3) is 22.2 Å². The molecule has 0 aliphatic heterocycles. The van der Waals surface area contributed by atoms with Crippen molar-refractivity contribution in [2.75, 3.05) is 6.61 Å². The summed E-state index contributed by atoms with van der Waals surface area (Å²) >= 11 is 6.14. The van der Waals surface area contributed by atoms with E-state index in [0.717, 1.165) is 49.9 Å². The molecule has 1 aromatic heterocycles. The van der Waals surface area contributed by atoms with Crippen LogP contribution < -0.4 is 10.1 Å². The molecule has 0 aliphatic rings. The Labute approximate surface area is 228 Å². The van der Waals surface area contributed by atoms with Crippen molar-refractivity contribution in [2.45, 2.75) is 32.9 Å². The van der Waals surface area contributed by atoms with Gasteiger partial charge in [-0.1, -0.05) is 78.3 Å². The first-order valence-electron chi connectivity index (χ1n) is 12.8. The second-order valence-electron chi connectivity index (χ2n) is 9.40. The average Bonchev–Trinajstić information content (AvgIpc) is 3.30. The number of aromatic nitrogens is 2. The lowest BCUT2D eigenvalue weighted by atomic mass is 10.0. The number of hydrogen-bond acceptors (Lipinski definition) is 3. The standard InChI is InChI=1S/C32H30ClN3O2/c1-22-20-27(16-17-28(22)33)38-19-18-36-30-11-7-6-10-29(30)35-32(36)23(2)34-31(37)21-24-12-14-26(15-13-24)25-8-4-3-5-9-25/h3-17,20,23H,18-19,21H2,1-2H3,(H,34,37). The highest BCUT2D eigenvalue weighted by Gasteiger charge is 2.19. The van der Waals surface area contributed by atoms with Gasteiger partial charge in [0.1, 0.15) is 18.2 Å². The number of ether oxygens (including phenoxy) is 1. The minimum absolute atomic E-state index is 0.0449. The number of rotatable bonds is 9. The molecule has 1 atom stereocenters. The number of nitrogens with one attached hydrogen (secondary N) is 1. The summed E-state index contributed by atoms with van der Waals surface area (Å²) in [7, 11) is 0. The molecule has 0 spiro atoms. The largest absolute Gasteiger partial charge is 0.492 e. The zero-order valence-electron chi connectivity index (χ0n) is 21.5. The number of amides is 1. The monoisotopic (exact) mass is 523 g/mol. The number of para-hydroxylation sites is 2. The van der Waals surface area contributed by atoms with Gasteiger partial charge in [-0.3, -0.25) is 4.79 Å². The Morgan fingerprint density at radius 3 is 2.42 bits per heavy atom. The maximum absolute atomic E-state index is 13.0. The average molecular weight is 524 g/mol. The van der Waals surface area contributed by atoms with Crippen LogP contribution in [0, 0.1) is 6.92 Å². The van der Waals surface area contributed by atoms with Crippen LogP contribution in [0.1, 0.15) is 29.9 Å². The topological polar surface area (TPSA) is 56.1 Å². The molecule has 5 aromatic rings. The van der Waals surface area contributed by atoms with Crippen LogP contribution in [-0.2, 0) is 17.8 Å². The molecule has 1 unspecified atom stereocenters. The van der Waals surface area contributed by atoms with E-state index in [4.69, 9.17) is 21.3 Å². The van der Waals surface area contributed by atoms with Crippen LogP contribution in [0.5, 0.6) is 5.75 Å². The number of aryl methyl sites for hydroxylation is 1. The first-order chi connectivity index (χ1) is 18.5. The van der Waals surface area contributed by atoms with E-state index in [1.165, 1.54) is 0 Å². The predicted octanol–water partition coefficient (Wildman–Crippen LogP) is 7.16. The summed E-state index contributed by atoms with van der Waals surface area (Å²) < 4.78 is 8.13. The molecule has 5 rings (SSSR count). The third kappa shape index (κ3) is 5.90. The molecule has 0 saturated heterocycles. The molecule has 38 heavy (non-hydrogen) atoms. The first-order valence-corrected chi connectivity index (χ1v) is 13.1. The van der Waals surface area contributed by atoms with Crippen LogP contribution in [-0.4, -0.2) is 22.1 Å². The van der Waals surface area contributed by atoms with Gasteiger partial charge in [-0.15, -0.1) is 0 Å². The van der Waals surface area contributed by atoms with Gasteiger partial charge in [0.25, 0.3) is 0 Å². The lowest BCUT2D eigenvalue weighted by molar-refractivity contribution is -0.121. The van der Waals surface area contributed by atoms with Gasteiger partial charge in [0.05, 0.1) is 30.0 Å². The Bertz CT molecular complexity index is 1540. The molecular weight excluding hydrogens is 494 g/mol. The van der Waals surface area contributed by atoms with Crippen molar-refractivity contribution in [1.82, 2.24) is 14.9 Å². The maximum Gasteiger partial charge on any atom is 0.224 e. The van der Waals surface area contributed by atoms with Crippen molar-refractivity contribution in [1.29, 1.82) is 0 Å². The number of benzene rings is 4. The highest BCUT2D eigenvalue weighted by atomic mass is 35.5. The Morgan fingerprint density at radius 2 is 1.66 bits per heavy atom. The molecule has 0 aliphatic carbocycles. The van der Waals surface area contributed by atoms with Gasteiger partial charge in [-0.05, 0) is 66.4 Å². The number of nitrogens with zero attached hydrogens (tertiary/aromatic N) is 2. The number of carbonyl (C=O) groups is 1. The van der Waals surface area contributed by atoms with E-state index in [9.17, 15) is 4.79 Å². The second kappa shape index (κ2) is 11.5. The summed E-state index contributed by atoms with van der Waals surface area (Å²) in [5, 5.41) is 3.86. The summed E-state index contributed by atoms with van der Waals surface area (Å²) in [6.07, 6.45) is 0.304. The van der Waals surface area contributed by atoms with E-state index < -0.39 is 0 Å². The SMILES string of the molecule is Cc1cc(OCCn2c(C(C)NC(=O)Cc3ccc(-c4ccccc4)cc3)nc3ccccc32)ccc1Cl. The molecular formula is C32H30ClN3O2. The van der Waals surface area contributed by atoms with Gasteiger partial charge < -0.3 is 14.6 Å². The second-order valence-corrected chi connectivity index (χ2v) is 9.81. The van der Waals surface area contributed by atoms with Gasteiger partial charge in [-0.2, -0.15) is 0 Å². The fourth-order valence-corrected chi connectivity index (χ4v) is 4.73. The summed E-state index contributed by atoms with van der Waals surface area (Å²) in [4.78, 5) is 17.8. The van der Waals surface area contributed by atoms with Crippen molar-refractivity contribution in [2.24, 2.45) is 0 Å². The summed E-state index contributed by atoms with van der Waals surface area (Å²) in [6, 6.07) is 31.7. The number of halogens is 1. The van der Waals surface area contributed by atoms with Gasteiger partial charge in [0.2, 0.25) is 5.91 Å². The zero-order chi connectivity index (χ0) is 26.5. The lowest BCUT2D eigenvalue weighted by Gasteiger charge is -2.17. The molecule has 1 amide bonds. The van der Waals surface area contributed by atoms with Crippen LogP contribution in [0.2, 0.25) is 5.02 Å². The fourth-order valence-electron chi connectivity index (χ4n) is 4.61. The Balaban J connectivity index is 1.26. The quantitative estimate of drug-likeness (QED) is 0.223. The minimum Gasteiger partial charge on any atom is -0.492 e. The highest BCUT2D eigenvalue weighted by molar-refractivity contribution is 6.31. The van der Waals surface area contributed by atoms with Gasteiger partial charge in [0.15, 0.2) is 0 Å². The van der Waals surface area contributed by atoms with E-state index >= 15 is 0 Å². The van der Waals surface area contributed by atoms with Crippen molar-refractivity contribution < 1.29 is 9.53 Å². The van der Waals surface area contributed by atoms with Crippen molar-refractivity contribution in [3.63, 3.8) is 0 Å². The zero-order valence-corrected chi connectivity index (χ0v) is 22.3. The molecule has 6 heteroatoms. The molecule has 0 bridgehead atoms. The highest BCUT2D eigenvalue weighted by Crippen LogP contribution is 2.24. The van der Waals surface area contributed by atoms with Gasteiger partial charge in [-0.25, -0.2) is 4.98 Å². The molecule has 0 radical (unpaired) electrons.